The highest BCUT2D eigenvalue weighted by atomic mass is 35.6. The van der Waals surface area contributed by atoms with Crippen LogP contribution in [0.5, 0.6) is 11.5 Å². The molecule has 0 spiro atoms. The van der Waals surface area contributed by atoms with Crippen LogP contribution >= 0.6 is 34.8 Å². The molecule has 6 heteroatoms. The van der Waals surface area contributed by atoms with Crippen molar-refractivity contribution in [2.45, 2.75) is 3.79 Å². The van der Waals surface area contributed by atoms with Crippen LogP contribution in [0.25, 0.3) is 21.7 Å². The van der Waals surface area contributed by atoms with E-state index in [2.05, 4.69) is 4.98 Å². The Bertz CT molecular complexity index is 859. The summed E-state index contributed by atoms with van der Waals surface area (Å²) >= 11 is 18.3. The van der Waals surface area contributed by atoms with Crippen molar-refractivity contribution in [1.29, 1.82) is 0 Å². The highest BCUT2D eigenvalue weighted by molar-refractivity contribution is 6.67. The van der Waals surface area contributed by atoms with Crippen LogP contribution in [0.4, 0.5) is 0 Å². The third kappa shape index (κ3) is 2.65. The minimum absolute atomic E-state index is 0.368. The molecule has 3 aromatic rings. The van der Waals surface area contributed by atoms with Gasteiger partial charge in [-0.1, -0.05) is 34.8 Å². The first-order chi connectivity index (χ1) is 10.4. The zero-order chi connectivity index (χ0) is 15.9. The molecule has 0 N–H and O–H groups in total. The van der Waals surface area contributed by atoms with E-state index in [9.17, 15) is 0 Å². The minimum Gasteiger partial charge on any atom is -0.497 e. The first-order valence-corrected chi connectivity index (χ1v) is 7.60. The number of alkyl halides is 3. The van der Waals surface area contributed by atoms with E-state index in [0.29, 0.717) is 22.7 Å². The number of ether oxygens (including phenoxy) is 2. The van der Waals surface area contributed by atoms with Gasteiger partial charge in [-0.3, -0.25) is 0 Å². The Labute approximate surface area is 142 Å². The molecule has 0 saturated heterocycles. The van der Waals surface area contributed by atoms with Crippen LogP contribution in [0, 0.1) is 0 Å². The molecule has 0 radical (unpaired) electrons. The number of rotatable bonds is 2. The fourth-order valence-electron chi connectivity index (χ4n) is 2.44. The number of hydrogen-bond donors (Lipinski definition) is 0. The van der Waals surface area contributed by atoms with Crippen LogP contribution in [-0.2, 0) is 3.79 Å². The summed E-state index contributed by atoms with van der Waals surface area (Å²) in [6.45, 7) is 0. The SMILES string of the molecule is COc1ccc2c(c1)nc(C(Cl)(Cl)Cl)c1cc(OC)ccc12. The van der Waals surface area contributed by atoms with Crippen molar-refractivity contribution >= 4 is 56.5 Å². The fourth-order valence-corrected chi connectivity index (χ4v) is 2.87. The van der Waals surface area contributed by atoms with Gasteiger partial charge in [0.1, 0.15) is 17.2 Å². The molecule has 0 amide bonds. The minimum atomic E-state index is -1.64. The standard InChI is InChI=1S/C16H12Cl3NO2/c1-21-9-3-5-11-12-6-4-10(22-2)8-14(12)20-15(13(11)7-9)16(17,18)19/h3-8H,1-2H3. The average Bonchev–Trinajstić information content (AvgIpc) is 2.51. The number of methoxy groups -OCH3 is 2. The van der Waals surface area contributed by atoms with E-state index in [4.69, 9.17) is 44.3 Å². The molecule has 1 aromatic heterocycles. The summed E-state index contributed by atoms with van der Waals surface area (Å²) in [6, 6.07) is 11.3. The molecule has 0 aliphatic rings. The molecule has 0 bridgehead atoms. The number of nitrogens with zero attached hydrogens (tertiary/aromatic N) is 1. The van der Waals surface area contributed by atoms with Gasteiger partial charge in [0.15, 0.2) is 0 Å². The van der Waals surface area contributed by atoms with Crippen molar-refractivity contribution < 1.29 is 9.47 Å². The Hall–Kier alpha value is -1.42. The molecule has 0 unspecified atom stereocenters. The molecule has 0 aliphatic heterocycles. The maximum absolute atomic E-state index is 6.10. The Kier molecular flexibility index (Phi) is 3.98. The largest absolute Gasteiger partial charge is 0.497 e. The predicted octanol–water partition coefficient (Wildman–Crippen LogP) is 5.23. The highest BCUT2D eigenvalue weighted by Crippen LogP contribution is 2.43. The van der Waals surface area contributed by atoms with Gasteiger partial charge >= 0.3 is 0 Å². The Morgan fingerprint density at radius 3 is 2.00 bits per heavy atom. The topological polar surface area (TPSA) is 31.4 Å². The molecule has 0 fully saturated rings. The van der Waals surface area contributed by atoms with E-state index in [-0.39, 0.29) is 0 Å². The van der Waals surface area contributed by atoms with Crippen LogP contribution in [0.3, 0.4) is 0 Å². The normalized spacial score (nSPS) is 11.9. The van der Waals surface area contributed by atoms with Crippen LogP contribution in [0.1, 0.15) is 5.69 Å². The quantitative estimate of drug-likeness (QED) is 0.465. The van der Waals surface area contributed by atoms with Crippen molar-refractivity contribution in [2.75, 3.05) is 14.2 Å². The number of halogens is 3. The number of fused-ring (bicyclic) bond motifs is 3. The number of hydrogen-bond acceptors (Lipinski definition) is 3. The summed E-state index contributed by atoms with van der Waals surface area (Å²) in [5, 5.41) is 2.64. The summed E-state index contributed by atoms with van der Waals surface area (Å²) in [7, 11) is 3.19. The summed E-state index contributed by atoms with van der Waals surface area (Å²) in [4.78, 5) is 4.53. The molecule has 2 aromatic carbocycles. The second-order valence-electron chi connectivity index (χ2n) is 4.75. The highest BCUT2D eigenvalue weighted by Gasteiger charge is 2.28. The van der Waals surface area contributed by atoms with E-state index >= 15 is 0 Å². The molecule has 22 heavy (non-hydrogen) atoms. The second-order valence-corrected chi connectivity index (χ2v) is 7.03. The third-order valence-corrected chi connectivity index (χ3v) is 4.01. The second kappa shape index (κ2) is 5.65. The zero-order valence-electron chi connectivity index (χ0n) is 11.9. The van der Waals surface area contributed by atoms with Gasteiger partial charge in [0, 0.05) is 16.8 Å². The molecule has 0 saturated carbocycles. The summed E-state index contributed by atoms with van der Waals surface area (Å²) in [5.41, 5.74) is 1.07. The van der Waals surface area contributed by atoms with Gasteiger partial charge in [-0.25, -0.2) is 4.98 Å². The number of aromatic nitrogens is 1. The maximum Gasteiger partial charge on any atom is 0.233 e. The van der Waals surface area contributed by atoms with Crippen LogP contribution < -0.4 is 9.47 Å². The van der Waals surface area contributed by atoms with Crippen molar-refractivity contribution in [2.24, 2.45) is 0 Å². The Morgan fingerprint density at radius 1 is 0.818 bits per heavy atom. The van der Waals surface area contributed by atoms with Gasteiger partial charge in [0.05, 0.1) is 19.7 Å². The summed E-state index contributed by atoms with van der Waals surface area (Å²) < 4.78 is 8.86. The molecule has 0 atom stereocenters. The van der Waals surface area contributed by atoms with Crippen LogP contribution in [0.15, 0.2) is 36.4 Å². The Balaban J connectivity index is 2.45. The first kappa shape index (κ1) is 15.5. The lowest BCUT2D eigenvalue weighted by Gasteiger charge is -2.16. The smallest absolute Gasteiger partial charge is 0.233 e. The van der Waals surface area contributed by atoms with Crippen molar-refractivity contribution in [3.8, 4) is 11.5 Å². The monoisotopic (exact) mass is 355 g/mol. The summed E-state index contributed by atoms with van der Waals surface area (Å²) in [5.74, 6) is 1.38. The molecular weight excluding hydrogens is 345 g/mol. The number of pyridine rings is 1. The first-order valence-electron chi connectivity index (χ1n) is 6.46. The predicted molar refractivity (Wildman–Crippen MR) is 91.6 cm³/mol. The molecule has 114 valence electrons. The van der Waals surface area contributed by atoms with Crippen molar-refractivity contribution in [3.63, 3.8) is 0 Å². The van der Waals surface area contributed by atoms with Crippen molar-refractivity contribution in [3.05, 3.63) is 42.1 Å². The van der Waals surface area contributed by atoms with E-state index in [1.165, 1.54) is 0 Å². The molecular formula is C16H12Cl3NO2. The lowest BCUT2D eigenvalue weighted by Crippen LogP contribution is -2.05. The van der Waals surface area contributed by atoms with E-state index < -0.39 is 3.79 Å². The fraction of sp³-hybridized carbons (Fsp3) is 0.188. The summed E-state index contributed by atoms with van der Waals surface area (Å²) in [6.07, 6.45) is 0. The van der Waals surface area contributed by atoms with E-state index in [1.54, 1.807) is 14.2 Å². The molecule has 3 rings (SSSR count). The van der Waals surface area contributed by atoms with Gasteiger partial charge in [0.2, 0.25) is 3.79 Å². The van der Waals surface area contributed by atoms with Crippen LogP contribution in [0.2, 0.25) is 0 Å². The maximum atomic E-state index is 6.10. The molecule has 0 aliphatic carbocycles. The van der Waals surface area contributed by atoms with E-state index in [1.807, 2.05) is 36.4 Å². The third-order valence-electron chi connectivity index (χ3n) is 3.48. The molecule has 3 nitrogen and oxygen atoms in total. The van der Waals surface area contributed by atoms with Gasteiger partial charge < -0.3 is 9.47 Å². The van der Waals surface area contributed by atoms with Gasteiger partial charge in [-0.05, 0) is 35.7 Å². The number of benzene rings is 2. The Morgan fingerprint density at radius 2 is 1.41 bits per heavy atom. The molecule has 1 heterocycles. The lowest BCUT2D eigenvalue weighted by atomic mass is 10.0. The zero-order valence-corrected chi connectivity index (χ0v) is 14.1. The van der Waals surface area contributed by atoms with Gasteiger partial charge in [-0.15, -0.1) is 0 Å². The van der Waals surface area contributed by atoms with Crippen molar-refractivity contribution in [1.82, 2.24) is 4.98 Å². The lowest BCUT2D eigenvalue weighted by molar-refractivity contribution is 0.415. The van der Waals surface area contributed by atoms with Crippen LogP contribution in [-0.4, -0.2) is 19.2 Å². The van der Waals surface area contributed by atoms with Gasteiger partial charge in [-0.2, -0.15) is 0 Å². The average molecular weight is 357 g/mol. The van der Waals surface area contributed by atoms with Gasteiger partial charge in [0.25, 0.3) is 0 Å². The van der Waals surface area contributed by atoms with E-state index in [0.717, 1.165) is 16.2 Å².